The van der Waals surface area contributed by atoms with Crippen molar-refractivity contribution in [2.75, 3.05) is 0 Å². The Bertz CT molecular complexity index is 685. The lowest BCUT2D eigenvalue weighted by molar-refractivity contribution is 0.0903. The number of allylic oxidation sites excluding steroid dienone is 4. The lowest BCUT2D eigenvalue weighted by Gasteiger charge is -2.44. The van der Waals surface area contributed by atoms with Crippen molar-refractivity contribution < 1.29 is 13.9 Å². The molecular formula is C27H42F2O. The van der Waals surface area contributed by atoms with Crippen molar-refractivity contribution in [3.63, 3.8) is 0 Å². The lowest BCUT2D eigenvalue weighted by Crippen LogP contribution is -2.36. The number of aliphatic hydroxyl groups excluding tert-OH is 1. The van der Waals surface area contributed by atoms with Gasteiger partial charge in [-0.2, -0.15) is 0 Å². The van der Waals surface area contributed by atoms with E-state index in [1.807, 2.05) is 6.08 Å². The number of rotatable bonds is 6. The first-order valence-electron chi connectivity index (χ1n) is 12.1. The summed E-state index contributed by atoms with van der Waals surface area (Å²) < 4.78 is 28.0. The van der Waals surface area contributed by atoms with E-state index in [4.69, 9.17) is 0 Å². The summed E-state index contributed by atoms with van der Waals surface area (Å²) in [6.45, 7) is 12.1. The molecule has 3 heteroatoms. The van der Waals surface area contributed by atoms with Crippen LogP contribution in [0.3, 0.4) is 0 Å². The maximum Gasteiger partial charge on any atom is 0.127 e. The van der Waals surface area contributed by atoms with Crippen LogP contribution in [0, 0.1) is 23.2 Å². The van der Waals surface area contributed by atoms with Crippen LogP contribution in [-0.2, 0) is 0 Å². The highest BCUT2D eigenvalue weighted by molar-refractivity contribution is 5.38. The van der Waals surface area contributed by atoms with Gasteiger partial charge in [0.15, 0.2) is 0 Å². The second kappa shape index (κ2) is 9.27. The van der Waals surface area contributed by atoms with Crippen molar-refractivity contribution in [3.8, 4) is 0 Å². The van der Waals surface area contributed by atoms with E-state index in [-0.39, 0.29) is 6.42 Å². The number of aliphatic hydroxyl groups is 1. The molecule has 0 aromatic heterocycles. The monoisotopic (exact) mass is 420 g/mol. The Balaban J connectivity index is 1.70. The smallest absolute Gasteiger partial charge is 0.127 e. The predicted octanol–water partition coefficient (Wildman–Crippen LogP) is 7.66. The van der Waals surface area contributed by atoms with Crippen molar-refractivity contribution in [2.24, 2.45) is 23.2 Å². The average molecular weight is 421 g/mol. The van der Waals surface area contributed by atoms with Crippen LogP contribution >= 0.6 is 0 Å². The van der Waals surface area contributed by atoms with Gasteiger partial charge in [-0.25, -0.2) is 8.78 Å². The summed E-state index contributed by atoms with van der Waals surface area (Å²) in [5, 5.41) is 9.95. The minimum Gasteiger partial charge on any atom is -0.393 e. The molecule has 0 radical (unpaired) electrons. The Morgan fingerprint density at radius 3 is 2.73 bits per heavy atom. The highest BCUT2D eigenvalue weighted by atomic mass is 19.1. The molecule has 3 aliphatic carbocycles. The van der Waals surface area contributed by atoms with Gasteiger partial charge in [-0.1, -0.05) is 51.0 Å². The van der Waals surface area contributed by atoms with Crippen LogP contribution in [0.25, 0.3) is 0 Å². The number of fused-ring (bicyclic) bond motifs is 1. The van der Waals surface area contributed by atoms with Gasteiger partial charge in [0.2, 0.25) is 0 Å². The van der Waals surface area contributed by atoms with Crippen molar-refractivity contribution in [1.29, 1.82) is 0 Å². The Morgan fingerprint density at radius 2 is 2.03 bits per heavy atom. The fraction of sp³-hybridized carbons (Fsp3) is 0.778. The van der Waals surface area contributed by atoms with Gasteiger partial charge in [-0.15, -0.1) is 0 Å². The molecule has 3 rings (SSSR count). The molecule has 0 unspecified atom stereocenters. The van der Waals surface area contributed by atoms with E-state index in [2.05, 4.69) is 26.5 Å². The molecule has 30 heavy (non-hydrogen) atoms. The zero-order valence-corrected chi connectivity index (χ0v) is 19.5. The molecule has 1 nitrogen and oxygen atoms in total. The molecule has 1 N–H and O–H groups in total. The van der Waals surface area contributed by atoms with Crippen LogP contribution in [-0.4, -0.2) is 23.1 Å². The zero-order valence-electron chi connectivity index (χ0n) is 19.5. The predicted molar refractivity (Wildman–Crippen MR) is 122 cm³/mol. The van der Waals surface area contributed by atoms with E-state index in [9.17, 15) is 13.9 Å². The van der Waals surface area contributed by atoms with Crippen LogP contribution in [0.2, 0.25) is 0 Å². The Kier molecular flexibility index (Phi) is 7.32. The molecule has 0 aromatic rings. The zero-order chi connectivity index (χ0) is 22.1. The van der Waals surface area contributed by atoms with Gasteiger partial charge in [0.25, 0.3) is 0 Å². The Hall–Kier alpha value is -0.960. The fourth-order valence-electron chi connectivity index (χ4n) is 6.69. The van der Waals surface area contributed by atoms with Gasteiger partial charge in [-0.05, 0) is 93.1 Å². The first kappa shape index (κ1) is 23.7. The summed E-state index contributed by atoms with van der Waals surface area (Å²) in [7, 11) is 0. The molecule has 0 aromatic carbocycles. The van der Waals surface area contributed by atoms with Crippen LogP contribution in [0.4, 0.5) is 8.78 Å². The van der Waals surface area contributed by atoms with E-state index in [1.54, 1.807) is 13.8 Å². The molecule has 3 fully saturated rings. The second-order valence-corrected chi connectivity index (χ2v) is 11.2. The quantitative estimate of drug-likeness (QED) is 0.467. The lowest BCUT2D eigenvalue weighted by atomic mass is 9.60. The Morgan fingerprint density at radius 1 is 1.30 bits per heavy atom. The summed E-state index contributed by atoms with van der Waals surface area (Å²) in [6, 6.07) is 0. The van der Waals surface area contributed by atoms with Gasteiger partial charge in [-0.3, -0.25) is 0 Å². The molecule has 0 amide bonds. The summed E-state index contributed by atoms with van der Waals surface area (Å²) in [5.41, 5.74) is 2.17. The number of hydrogen-bond acceptors (Lipinski definition) is 1. The normalized spacial score (nSPS) is 38.8. The molecule has 170 valence electrons. The standard InChI is InChI=1S/C27H42F2O/c1-18(8-6-14-26(3,4)29)23-12-13-24-20(9-7-15-27(23,24)5)10-11-21-16-22(30)17-25(28)19(21)2/h10-11,18,22-25,30H,2,6-9,12-17H2,1,3-5H3/b20-10+,21-11-/t18-,22-,23-,24+,25+,27-/m1/s1. The van der Waals surface area contributed by atoms with Crippen LogP contribution in [0.15, 0.2) is 35.5 Å². The summed E-state index contributed by atoms with van der Waals surface area (Å²) in [4.78, 5) is 0. The van der Waals surface area contributed by atoms with E-state index in [0.717, 1.165) is 24.8 Å². The molecule has 0 heterocycles. The first-order chi connectivity index (χ1) is 14.0. The molecule has 0 bridgehead atoms. The van der Waals surface area contributed by atoms with Crippen molar-refractivity contribution in [3.05, 3.63) is 35.5 Å². The van der Waals surface area contributed by atoms with Crippen LogP contribution in [0.1, 0.15) is 91.9 Å². The maximum absolute atomic E-state index is 14.1. The number of halogens is 2. The fourth-order valence-corrected chi connectivity index (χ4v) is 6.69. The molecule has 3 saturated carbocycles. The minimum atomic E-state index is -1.12. The molecule has 0 spiro atoms. The summed E-state index contributed by atoms with van der Waals surface area (Å²) in [5.74, 6) is 1.92. The van der Waals surface area contributed by atoms with Crippen molar-refractivity contribution in [1.82, 2.24) is 0 Å². The number of hydrogen-bond donors (Lipinski definition) is 1. The SMILES string of the molecule is C=C1/C(=C\C=C2/CCC[C@]3(C)[C@@H]([C@H](C)CCCC(C)(C)F)CC[C@@H]23)C[C@@H](O)C[C@@H]1F. The van der Waals surface area contributed by atoms with Gasteiger partial charge in [0.1, 0.15) is 11.8 Å². The minimum absolute atomic E-state index is 0.173. The third-order valence-electron chi connectivity index (χ3n) is 8.38. The van der Waals surface area contributed by atoms with Crippen LogP contribution < -0.4 is 0 Å². The summed E-state index contributed by atoms with van der Waals surface area (Å²) in [6.07, 6.45) is 12.0. The van der Waals surface area contributed by atoms with E-state index < -0.39 is 17.9 Å². The highest BCUT2D eigenvalue weighted by Gasteiger charge is 2.50. The average Bonchev–Trinajstić information content (AvgIpc) is 3.00. The third-order valence-corrected chi connectivity index (χ3v) is 8.38. The van der Waals surface area contributed by atoms with Gasteiger partial charge in [0.05, 0.1) is 6.10 Å². The molecule has 0 saturated heterocycles. The summed E-state index contributed by atoms with van der Waals surface area (Å²) >= 11 is 0. The van der Waals surface area contributed by atoms with Gasteiger partial charge in [0, 0.05) is 6.42 Å². The first-order valence-corrected chi connectivity index (χ1v) is 12.1. The Labute approximate surface area is 182 Å². The third kappa shape index (κ3) is 5.26. The highest BCUT2D eigenvalue weighted by Crippen LogP contribution is 2.60. The maximum atomic E-state index is 14.1. The number of alkyl halides is 2. The molecule has 3 aliphatic rings. The van der Waals surface area contributed by atoms with E-state index in [0.29, 0.717) is 41.6 Å². The second-order valence-electron chi connectivity index (χ2n) is 11.2. The largest absolute Gasteiger partial charge is 0.393 e. The molecule has 6 atom stereocenters. The molecule has 0 aliphatic heterocycles. The van der Waals surface area contributed by atoms with Gasteiger partial charge >= 0.3 is 0 Å². The van der Waals surface area contributed by atoms with Crippen molar-refractivity contribution >= 4 is 0 Å². The van der Waals surface area contributed by atoms with Crippen LogP contribution in [0.5, 0.6) is 0 Å². The topological polar surface area (TPSA) is 20.2 Å². The van der Waals surface area contributed by atoms with Gasteiger partial charge < -0.3 is 5.11 Å². The molecular weight excluding hydrogens is 378 g/mol. The van der Waals surface area contributed by atoms with Crippen molar-refractivity contribution in [2.45, 2.75) is 110 Å². The van der Waals surface area contributed by atoms with E-state index >= 15 is 0 Å². The van der Waals surface area contributed by atoms with E-state index in [1.165, 1.54) is 31.3 Å².